The number of carbonyl (C=O) groups is 3. The third-order valence-corrected chi connectivity index (χ3v) is 5.67. The van der Waals surface area contributed by atoms with E-state index in [1.165, 1.54) is 0 Å². The van der Waals surface area contributed by atoms with Crippen molar-refractivity contribution in [1.82, 2.24) is 10.2 Å². The van der Waals surface area contributed by atoms with Gasteiger partial charge in [0.25, 0.3) is 5.91 Å². The molecule has 7 nitrogen and oxygen atoms in total. The van der Waals surface area contributed by atoms with E-state index >= 15 is 0 Å². The molecule has 7 heteroatoms. The van der Waals surface area contributed by atoms with E-state index in [0.717, 1.165) is 24.2 Å². The zero-order chi connectivity index (χ0) is 18.3. The van der Waals surface area contributed by atoms with Crippen LogP contribution in [-0.4, -0.2) is 47.9 Å². The molecular formula is C19H22N2O5. The van der Waals surface area contributed by atoms with Crippen molar-refractivity contribution in [3.8, 4) is 11.5 Å². The lowest BCUT2D eigenvalue weighted by Gasteiger charge is -2.36. The first kappa shape index (κ1) is 16.9. The van der Waals surface area contributed by atoms with Gasteiger partial charge in [-0.05, 0) is 37.0 Å². The molecule has 4 rings (SSSR count). The van der Waals surface area contributed by atoms with Crippen LogP contribution in [0.25, 0.3) is 0 Å². The van der Waals surface area contributed by atoms with Gasteiger partial charge in [0, 0.05) is 5.56 Å². The molecule has 3 amide bonds. The molecule has 138 valence electrons. The number of ether oxygens (including phenoxy) is 2. The summed E-state index contributed by atoms with van der Waals surface area (Å²) < 4.78 is 10.9. The van der Waals surface area contributed by atoms with Crippen LogP contribution < -0.4 is 14.8 Å². The van der Waals surface area contributed by atoms with Gasteiger partial charge < -0.3 is 14.8 Å². The second kappa shape index (κ2) is 6.30. The molecule has 26 heavy (non-hydrogen) atoms. The third kappa shape index (κ3) is 2.62. The summed E-state index contributed by atoms with van der Waals surface area (Å²) in [5, 5.41) is 2.87. The van der Waals surface area contributed by atoms with E-state index in [-0.39, 0.29) is 24.2 Å². The SMILES string of the molecule is C[C@H]1CCCC[C@]12NC(=O)N(CC(=O)c1ccc3c(c1)OCCO3)C2=O. The van der Waals surface area contributed by atoms with Crippen molar-refractivity contribution < 1.29 is 23.9 Å². The van der Waals surface area contributed by atoms with Crippen LogP contribution >= 0.6 is 0 Å². The molecule has 1 aliphatic carbocycles. The number of imide groups is 1. The van der Waals surface area contributed by atoms with Crippen LogP contribution in [0, 0.1) is 5.92 Å². The first-order valence-electron chi connectivity index (χ1n) is 9.08. The summed E-state index contributed by atoms with van der Waals surface area (Å²) >= 11 is 0. The number of ketones is 1. The molecule has 0 aromatic heterocycles. The minimum atomic E-state index is -0.845. The minimum absolute atomic E-state index is 0.0714. The summed E-state index contributed by atoms with van der Waals surface area (Å²) in [6.45, 7) is 2.63. The van der Waals surface area contributed by atoms with Gasteiger partial charge in [-0.3, -0.25) is 14.5 Å². The van der Waals surface area contributed by atoms with E-state index < -0.39 is 11.6 Å². The van der Waals surface area contributed by atoms with Crippen molar-refractivity contribution in [3.63, 3.8) is 0 Å². The Morgan fingerprint density at radius 1 is 1.23 bits per heavy atom. The molecule has 0 bridgehead atoms. The highest BCUT2D eigenvalue weighted by atomic mass is 16.6. The summed E-state index contributed by atoms with van der Waals surface area (Å²) in [5.74, 6) is 0.600. The van der Waals surface area contributed by atoms with Crippen LogP contribution in [0.5, 0.6) is 11.5 Å². The summed E-state index contributed by atoms with van der Waals surface area (Å²) in [7, 11) is 0. The standard InChI is InChI=1S/C19H22N2O5/c1-12-4-2-3-7-19(12)17(23)21(18(24)20-19)11-14(22)13-5-6-15-16(10-13)26-9-8-25-15/h5-6,10,12H,2-4,7-9,11H2,1H3,(H,20,24)/t12-,19-/m0/s1. The van der Waals surface area contributed by atoms with Gasteiger partial charge in [0.05, 0.1) is 6.54 Å². The average Bonchev–Trinajstić information content (AvgIpc) is 2.89. The van der Waals surface area contributed by atoms with Crippen LogP contribution in [-0.2, 0) is 4.79 Å². The Balaban J connectivity index is 1.52. The zero-order valence-electron chi connectivity index (χ0n) is 14.7. The molecule has 2 aliphatic heterocycles. The molecule has 1 aromatic rings. The molecule has 3 aliphatic rings. The summed E-state index contributed by atoms with van der Waals surface area (Å²) in [6.07, 6.45) is 3.49. The van der Waals surface area contributed by atoms with Crippen LogP contribution in [0.2, 0.25) is 0 Å². The van der Waals surface area contributed by atoms with E-state index in [1.807, 2.05) is 6.92 Å². The fourth-order valence-corrected chi connectivity index (χ4v) is 4.09. The van der Waals surface area contributed by atoms with Gasteiger partial charge in [-0.15, -0.1) is 0 Å². The second-order valence-corrected chi connectivity index (χ2v) is 7.22. The molecule has 0 radical (unpaired) electrons. The van der Waals surface area contributed by atoms with Crippen LogP contribution in [0.1, 0.15) is 43.0 Å². The van der Waals surface area contributed by atoms with Crippen molar-refractivity contribution >= 4 is 17.7 Å². The van der Waals surface area contributed by atoms with E-state index in [4.69, 9.17) is 9.47 Å². The highest BCUT2D eigenvalue weighted by molar-refractivity contribution is 6.11. The number of hydrogen-bond donors (Lipinski definition) is 1. The number of nitrogens with zero attached hydrogens (tertiary/aromatic N) is 1. The Morgan fingerprint density at radius 3 is 2.77 bits per heavy atom. The molecule has 0 unspecified atom stereocenters. The molecule has 1 N–H and O–H groups in total. The Bertz CT molecular complexity index is 777. The number of Topliss-reactive ketones (excluding diaryl/α,β-unsaturated/α-hetero) is 1. The molecule has 1 saturated heterocycles. The maximum absolute atomic E-state index is 12.9. The maximum atomic E-state index is 12.9. The van der Waals surface area contributed by atoms with Gasteiger partial charge >= 0.3 is 6.03 Å². The Kier molecular flexibility index (Phi) is 4.09. The lowest BCUT2D eigenvalue weighted by Crippen LogP contribution is -2.54. The first-order chi connectivity index (χ1) is 12.5. The minimum Gasteiger partial charge on any atom is -0.486 e. The molecule has 1 spiro atoms. The largest absolute Gasteiger partial charge is 0.486 e. The number of fused-ring (bicyclic) bond motifs is 1. The number of hydrogen-bond acceptors (Lipinski definition) is 5. The predicted octanol–water partition coefficient (Wildman–Crippen LogP) is 2.14. The number of rotatable bonds is 3. The number of urea groups is 1. The van der Waals surface area contributed by atoms with Crippen molar-refractivity contribution in [1.29, 1.82) is 0 Å². The quantitative estimate of drug-likeness (QED) is 0.661. The summed E-state index contributed by atoms with van der Waals surface area (Å²) in [6, 6.07) is 4.44. The zero-order valence-corrected chi connectivity index (χ0v) is 14.7. The number of benzene rings is 1. The topological polar surface area (TPSA) is 84.9 Å². The maximum Gasteiger partial charge on any atom is 0.325 e. The number of carbonyl (C=O) groups excluding carboxylic acids is 3. The smallest absolute Gasteiger partial charge is 0.325 e. The lowest BCUT2D eigenvalue weighted by molar-refractivity contribution is -0.133. The van der Waals surface area contributed by atoms with E-state index in [1.54, 1.807) is 18.2 Å². The van der Waals surface area contributed by atoms with E-state index in [9.17, 15) is 14.4 Å². The van der Waals surface area contributed by atoms with Crippen LogP contribution in [0.4, 0.5) is 4.79 Å². The molecule has 2 atom stereocenters. The highest BCUT2D eigenvalue weighted by Crippen LogP contribution is 2.38. The van der Waals surface area contributed by atoms with Crippen LogP contribution in [0.15, 0.2) is 18.2 Å². The average molecular weight is 358 g/mol. The van der Waals surface area contributed by atoms with Gasteiger partial charge in [0.15, 0.2) is 17.3 Å². The second-order valence-electron chi connectivity index (χ2n) is 7.22. The Labute approximate surface area is 151 Å². The molecule has 2 heterocycles. The fraction of sp³-hybridized carbons (Fsp3) is 0.526. The van der Waals surface area contributed by atoms with Gasteiger partial charge in [0.1, 0.15) is 18.8 Å². The lowest BCUT2D eigenvalue weighted by atomic mass is 9.73. The highest BCUT2D eigenvalue weighted by Gasteiger charge is 2.55. The van der Waals surface area contributed by atoms with Crippen molar-refractivity contribution in [2.75, 3.05) is 19.8 Å². The van der Waals surface area contributed by atoms with Gasteiger partial charge in [-0.25, -0.2) is 4.79 Å². The summed E-state index contributed by atoms with van der Waals surface area (Å²) in [5.41, 5.74) is -0.449. The van der Waals surface area contributed by atoms with Gasteiger partial charge in [0.2, 0.25) is 0 Å². The van der Waals surface area contributed by atoms with Crippen molar-refractivity contribution in [2.45, 2.75) is 38.1 Å². The molecular weight excluding hydrogens is 336 g/mol. The monoisotopic (exact) mass is 358 g/mol. The van der Waals surface area contributed by atoms with E-state index in [0.29, 0.717) is 36.7 Å². The Morgan fingerprint density at radius 2 is 2.00 bits per heavy atom. The third-order valence-electron chi connectivity index (χ3n) is 5.67. The van der Waals surface area contributed by atoms with Crippen LogP contribution in [0.3, 0.4) is 0 Å². The normalized spacial score (nSPS) is 27.6. The van der Waals surface area contributed by atoms with Gasteiger partial charge in [-0.1, -0.05) is 19.8 Å². The van der Waals surface area contributed by atoms with Crippen molar-refractivity contribution in [3.05, 3.63) is 23.8 Å². The molecule has 1 saturated carbocycles. The molecule has 1 aromatic carbocycles. The fourth-order valence-electron chi connectivity index (χ4n) is 4.09. The van der Waals surface area contributed by atoms with E-state index in [2.05, 4.69) is 5.32 Å². The predicted molar refractivity (Wildman–Crippen MR) is 92.4 cm³/mol. The number of amides is 3. The molecule has 2 fully saturated rings. The summed E-state index contributed by atoms with van der Waals surface area (Å²) in [4.78, 5) is 39.1. The Hall–Kier alpha value is -2.57. The van der Waals surface area contributed by atoms with Crippen molar-refractivity contribution in [2.24, 2.45) is 5.92 Å². The first-order valence-corrected chi connectivity index (χ1v) is 9.08. The number of nitrogens with one attached hydrogen (secondary N) is 1. The van der Waals surface area contributed by atoms with Gasteiger partial charge in [-0.2, -0.15) is 0 Å².